The molecule has 1 heterocycles. The average molecular weight is 432 g/mol. The van der Waals surface area contributed by atoms with Gasteiger partial charge in [-0.2, -0.15) is 17.0 Å². The normalized spacial score (nSPS) is 16.9. The minimum absolute atomic E-state index is 0.0832. The Labute approximate surface area is 178 Å². The summed E-state index contributed by atoms with van der Waals surface area (Å²) >= 11 is 0. The summed E-state index contributed by atoms with van der Waals surface area (Å²) in [6.07, 6.45) is 1.13. The number of ether oxygens (including phenoxy) is 1. The largest absolute Gasteiger partial charge is 0.490 e. The summed E-state index contributed by atoms with van der Waals surface area (Å²) < 4.78 is 33.2. The predicted molar refractivity (Wildman–Crippen MR) is 117 cm³/mol. The summed E-state index contributed by atoms with van der Waals surface area (Å²) in [6, 6.07) is 16.8. The lowest BCUT2D eigenvalue weighted by molar-refractivity contribution is 0.0937. The minimum atomic E-state index is -3.39. The zero-order valence-corrected chi connectivity index (χ0v) is 18.4. The van der Waals surface area contributed by atoms with E-state index in [0.717, 1.165) is 5.56 Å². The highest BCUT2D eigenvalue weighted by Gasteiger charge is 2.30. The number of rotatable bonds is 7. The van der Waals surface area contributed by atoms with Crippen molar-refractivity contribution in [2.75, 3.05) is 27.2 Å². The third-order valence-corrected chi connectivity index (χ3v) is 7.18. The molecule has 0 bridgehead atoms. The number of nitrogens with one attached hydrogen (secondary N) is 1. The molecule has 1 fully saturated rings. The fourth-order valence-electron chi connectivity index (χ4n) is 3.42. The Morgan fingerprint density at radius 3 is 2.40 bits per heavy atom. The SMILES string of the molecule is C[C@H](NC(=O)c1cccc(OC2CCN(S(=O)(=O)N(C)C)CC2)c1)c1ccccc1. The summed E-state index contributed by atoms with van der Waals surface area (Å²) in [5, 5.41) is 3.00. The molecule has 0 unspecified atom stereocenters. The fraction of sp³-hybridized carbons (Fsp3) is 0.409. The molecule has 0 spiro atoms. The second-order valence-corrected chi connectivity index (χ2v) is 9.78. The van der Waals surface area contributed by atoms with Gasteiger partial charge in [-0.1, -0.05) is 36.4 Å². The molecule has 0 aliphatic carbocycles. The third-order valence-electron chi connectivity index (χ3n) is 5.23. The molecule has 1 aliphatic rings. The standard InChI is InChI=1S/C22H29N3O4S/c1-17(18-8-5-4-6-9-18)23-22(26)19-10-7-11-21(16-19)29-20-12-14-25(15-13-20)30(27,28)24(2)3/h4-11,16-17,20H,12-15H2,1-3H3,(H,23,26)/t17-/m0/s1. The summed E-state index contributed by atoms with van der Waals surface area (Å²) in [5.41, 5.74) is 1.57. The molecule has 1 N–H and O–H groups in total. The Bertz CT molecular complexity index is 955. The maximum absolute atomic E-state index is 12.6. The maximum atomic E-state index is 12.6. The number of carbonyl (C=O) groups is 1. The molecule has 7 nitrogen and oxygen atoms in total. The second kappa shape index (κ2) is 9.59. The number of hydrogen-bond donors (Lipinski definition) is 1. The van der Waals surface area contributed by atoms with Crippen LogP contribution in [0.25, 0.3) is 0 Å². The smallest absolute Gasteiger partial charge is 0.281 e. The van der Waals surface area contributed by atoms with Crippen LogP contribution in [0.2, 0.25) is 0 Å². The van der Waals surface area contributed by atoms with Crippen LogP contribution in [0.4, 0.5) is 0 Å². The monoisotopic (exact) mass is 431 g/mol. The van der Waals surface area contributed by atoms with Crippen molar-refractivity contribution in [3.63, 3.8) is 0 Å². The first kappa shape index (κ1) is 22.3. The van der Waals surface area contributed by atoms with Gasteiger partial charge < -0.3 is 10.1 Å². The molecule has 1 aliphatic heterocycles. The Kier molecular flexibility index (Phi) is 7.12. The van der Waals surface area contributed by atoms with Gasteiger partial charge in [-0.05, 0) is 43.5 Å². The fourth-order valence-corrected chi connectivity index (χ4v) is 4.55. The van der Waals surface area contributed by atoms with Crippen LogP contribution >= 0.6 is 0 Å². The molecule has 162 valence electrons. The molecule has 8 heteroatoms. The number of hydrogen-bond acceptors (Lipinski definition) is 4. The number of carbonyl (C=O) groups excluding carboxylic acids is 1. The van der Waals surface area contributed by atoms with Crippen LogP contribution < -0.4 is 10.1 Å². The highest BCUT2D eigenvalue weighted by atomic mass is 32.2. The van der Waals surface area contributed by atoms with Crippen LogP contribution in [-0.2, 0) is 10.2 Å². The first-order chi connectivity index (χ1) is 14.3. The van der Waals surface area contributed by atoms with E-state index in [2.05, 4.69) is 5.32 Å². The van der Waals surface area contributed by atoms with Crippen molar-refractivity contribution in [2.45, 2.75) is 31.9 Å². The Morgan fingerprint density at radius 1 is 1.10 bits per heavy atom. The van der Waals surface area contributed by atoms with Crippen molar-refractivity contribution in [2.24, 2.45) is 0 Å². The van der Waals surface area contributed by atoms with Gasteiger partial charge in [-0.25, -0.2) is 0 Å². The van der Waals surface area contributed by atoms with E-state index in [9.17, 15) is 13.2 Å². The molecule has 1 amide bonds. The van der Waals surface area contributed by atoms with Gasteiger partial charge in [0.25, 0.3) is 16.1 Å². The van der Waals surface area contributed by atoms with Crippen molar-refractivity contribution in [1.29, 1.82) is 0 Å². The molecule has 2 aromatic rings. The Balaban J connectivity index is 1.58. The number of nitrogens with zero attached hydrogens (tertiary/aromatic N) is 2. The lowest BCUT2D eigenvalue weighted by atomic mass is 10.1. The van der Waals surface area contributed by atoms with Gasteiger partial charge in [0.05, 0.1) is 6.04 Å². The van der Waals surface area contributed by atoms with Crippen LogP contribution in [0.5, 0.6) is 5.75 Å². The van der Waals surface area contributed by atoms with Crippen molar-refractivity contribution >= 4 is 16.1 Å². The minimum Gasteiger partial charge on any atom is -0.490 e. The van der Waals surface area contributed by atoms with Gasteiger partial charge in [-0.15, -0.1) is 0 Å². The summed E-state index contributed by atoms with van der Waals surface area (Å²) in [6.45, 7) is 2.78. The maximum Gasteiger partial charge on any atom is 0.281 e. The van der Waals surface area contributed by atoms with E-state index in [1.54, 1.807) is 18.2 Å². The van der Waals surface area contributed by atoms with E-state index in [0.29, 0.717) is 37.2 Å². The quantitative estimate of drug-likeness (QED) is 0.731. The highest BCUT2D eigenvalue weighted by Crippen LogP contribution is 2.22. The molecule has 1 atom stereocenters. The van der Waals surface area contributed by atoms with E-state index in [1.807, 2.05) is 43.3 Å². The Morgan fingerprint density at radius 2 is 1.77 bits per heavy atom. The van der Waals surface area contributed by atoms with Crippen molar-refractivity contribution in [3.05, 3.63) is 65.7 Å². The van der Waals surface area contributed by atoms with E-state index >= 15 is 0 Å². The second-order valence-electron chi connectivity index (χ2n) is 7.64. The van der Waals surface area contributed by atoms with Gasteiger partial charge in [-0.3, -0.25) is 4.79 Å². The molecular formula is C22H29N3O4S. The van der Waals surface area contributed by atoms with Crippen molar-refractivity contribution in [1.82, 2.24) is 13.9 Å². The predicted octanol–water partition coefficient (Wildman–Crippen LogP) is 2.83. The number of amides is 1. The van der Waals surface area contributed by atoms with Gasteiger partial charge in [0.15, 0.2) is 0 Å². The number of piperidine rings is 1. The van der Waals surface area contributed by atoms with Crippen LogP contribution in [-0.4, -0.2) is 56.2 Å². The zero-order valence-electron chi connectivity index (χ0n) is 17.6. The Hall–Kier alpha value is -2.42. The molecule has 2 aromatic carbocycles. The lowest BCUT2D eigenvalue weighted by Gasteiger charge is -2.32. The summed E-state index contributed by atoms with van der Waals surface area (Å²) in [4.78, 5) is 12.6. The van der Waals surface area contributed by atoms with Crippen LogP contribution in [0.1, 0.15) is 41.7 Å². The topological polar surface area (TPSA) is 79.0 Å². The number of benzene rings is 2. The molecule has 3 rings (SSSR count). The molecular weight excluding hydrogens is 402 g/mol. The first-order valence-corrected chi connectivity index (χ1v) is 11.5. The third kappa shape index (κ3) is 5.38. The molecule has 30 heavy (non-hydrogen) atoms. The van der Waals surface area contributed by atoms with E-state index in [1.165, 1.54) is 22.7 Å². The highest BCUT2D eigenvalue weighted by molar-refractivity contribution is 7.86. The van der Waals surface area contributed by atoms with Crippen molar-refractivity contribution in [3.8, 4) is 5.75 Å². The van der Waals surface area contributed by atoms with Crippen LogP contribution in [0.15, 0.2) is 54.6 Å². The van der Waals surface area contributed by atoms with E-state index < -0.39 is 10.2 Å². The first-order valence-electron chi connectivity index (χ1n) is 10.1. The van der Waals surface area contributed by atoms with Crippen molar-refractivity contribution < 1.29 is 17.9 Å². The van der Waals surface area contributed by atoms with Gasteiger partial charge in [0, 0.05) is 32.7 Å². The van der Waals surface area contributed by atoms with Gasteiger partial charge in [0.1, 0.15) is 11.9 Å². The van der Waals surface area contributed by atoms with Gasteiger partial charge >= 0.3 is 0 Å². The van der Waals surface area contributed by atoms with Crippen LogP contribution in [0.3, 0.4) is 0 Å². The molecule has 1 saturated heterocycles. The summed E-state index contributed by atoms with van der Waals surface area (Å²) in [5.74, 6) is 0.452. The van der Waals surface area contributed by atoms with Gasteiger partial charge in [0.2, 0.25) is 0 Å². The molecule has 0 saturated carbocycles. The van der Waals surface area contributed by atoms with E-state index in [4.69, 9.17) is 4.74 Å². The lowest BCUT2D eigenvalue weighted by Crippen LogP contribution is -2.46. The van der Waals surface area contributed by atoms with Crippen LogP contribution in [0, 0.1) is 0 Å². The zero-order chi connectivity index (χ0) is 21.7. The molecule has 0 aromatic heterocycles. The summed E-state index contributed by atoms with van der Waals surface area (Å²) in [7, 11) is -0.321. The average Bonchev–Trinajstić information content (AvgIpc) is 2.75. The molecule has 0 radical (unpaired) electrons. The van der Waals surface area contributed by atoms with E-state index in [-0.39, 0.29) is 18.1 Å².